The van der Waals surface area contributed by atoms with Crippen LogP contribution >= 0.6 is 0 Å². The van der Waals surface area contributed by atoms with Gasteiger partial charge in [-0.25, -0.2) is 0 Å². The number of carbonyl (C=O) groups excluding carboxylic acids is 3. The van der Waals surface area contributed by atoms with E-state index in [1.165, 1.54) is 0 Å². The Balaban J connectivity index is 4.37. The molecular formula is C20H41N5O3. The van der Waals surface area contributed by atoms with Gasteiger partial charge in [0.15, 0.2) is 0 Å². The van der Waals surface area contributed by atoms with E-state index in [0.717, 1.165) is 25.7 Å². The zero-order valence-electron chi connectivity index (χ0n) is 18.6. The van der Waals surface area contributed by atoms with Crippen LogP contribution in [0.25, 0.3) is 0 Å². The molecule has 8 heteroatoms. The highest BCUT2D eigenvalue weighted by molar-refractivity contribution is 5.88. The fraction of sp³-hybridized carbons (Fsp3) is 0.850. The van der Waals surface area contributed by atoms with E-state index in [4.69, 9.17) is 0 Å². The summed E-state index contributed by atoms with van der Waals surface area (Å²) in [6.07, 6.45) is 4.05. The number of amides is 3. The van der Waals surface area contributed by atoms with Gasteiger partial charge in [0.2, 0.25) is 17.7 Å². The van der Waals surface area contributed by atoms with E-state index < -0.39 is 6.04 Å². The first-order chi connectivity index (χ1) is 13.1. The molecule has 0 radical (unpaired) electrons. The maximum absolute atomic E-state index is 12.5. The van der Waals surface area contributed by atoms with Crippen LogP contribution in [0.5, 0.6) is 0 Å². The van der Waals surface area contributed by atoms with Gasteiger partial charge in [0, 0.05) is 13.1 Å². The molecular weight excluding hydrogens is 358 g/mol. The third-order valence-corrected chi connectivity index (χ3v) is 4.07. The lowest BCUT2D eigenvalue weighted by molar-refractivity contribution is -0.129. The Bertz CT molecular complexity index is 467. The lowest BCUT2D eigenvalue weighted by Crippen LogP contribution is -2.49. The molecule has 0 spiro atoms. The van der Waals surface area contributed by atoms with E-state index in [0.29, 0.717) is 32.0 Å². The Morgan fingerprint density at radius 3 is 1.89 bits per heavy atom. The van der Waals surface area contributed by atoms with Crippen molar-refractivity contribution in [2.75, 3.05) is 54.4 Å². The highest BCUT2D eigenvalue weighted by atomic mass is 16.2. The number of likely N-dealkylation sites (N-methyl/N-ethyl adjacent to an activating group) is 2. The standard InChI is InChI=1S/C20H41N5O3/c1-16(2)10-9-13-22-20(28)17(23-19(27)15-25(5)6)11-7-8-12-21-18(26)14-24(3)4/h16-17H,7-15H2,1-6H3,(H,21,26)(H,22,28)(H,23,27)/t17-/m0/s1. The highest BCUT2D eigenvalue weighted by Gasteiger charge is 2.20. The van der Waals surface area contributed by atoms with Crippen molar-refractivity contribution in [3.8, 4) is 0 Å². The van der Waals surface area contributed by atoms with Crippen molar-refractivity contribution in [3.63, 3.8) is 0 Å². The zero-order valence-corrected chi connectivity index (χ0v) is 18.6. The number of carbonyl (C=O) groups is 3. The summed E-state index contributed by atoms with van der Waals surface area (Å²) in [5.41, 5.74) is 0. The molecule has 0 aliphatic carbocycles. The van der Waals surface area contributed by atoms with Gasteiger partial charge in [0.05, 0.1) is 13.1 Å². The summed E-state index contributed by atoms with van der Waals surface area (Å²) in [5, 5.41) is 8.63. The zero-order chi connectivity index (χ0) is 21.5. The molecule has 1 atom stereocenters. The molecule has 0 rings (SSSR count). The van der Waals surface area contributed by atoms with Gasteiger partial charge in [0.25, 0.3) is 0 Å². The summed E-state index contributed by atoms with van der Waals surface area (Å²) >= 11 is 0. The van der Waals surface area contributed by atoms with Gasteiger partial charge in [-0.3, -0.25) is 14.4 Å². The monoisotopic (exact) mass is 399 g/mol. The predicted octanol–water partition coefficient (Wildman–Crippen LogP) is 0.433. The molecule has 0 heterocycles. The molecule has 3 N–H and O–H groups in total. The smallest absolute Gasteiger partial charge is 0.242 e. The summed E-state index contributed by atoms with van der Waals surface area (Å²) in [6, 6.07) is -0.538. The third kappa shape index (κ3) is 15.4. The van der Waals surface area contributed by atoms with Crippen molar-refractivity contribution < 1.29 is 14.4 Å². The van der Waals surface area contributed by atoms with Crippen LogP contribution in [-0.4, -0.2) is 87.9 Å². The third-order valence-electron chi connectivity index (χ3n) is 4.07. The summed E-state index contributed by atoms with van der Waals surface area (Å²) < 4.78 is 0. The fourth-order valence-electron chi connectivity index (χ4n) is 2.69. The first-order valence-electron chi connectivity index (χ1n) is 10.2. The van der Waals surface area contributed by atoms with Crippen LogP contribution in [0, 0.1) is 5.92 Å². The number of hydrogen-bond donors (Lipinski definition) is 3. The van der Waals surface area contributed by atoms with Crippen LogP contribution in [0.4, 0.5) is 0 Å². The van der Waals surface area contributed by atoms with Gasteiger partial charge in [-0.2, -0.15) is 0 Å². The minimum Gasteiger partial charge on any atom is -0.355 e. The van der Waals surface area contributed by atoms with Gasteiger partial charge in [-0.05, 0) is 66.2 Å². The normalized spacial score (nSPS) is 12.3. The molecule has 0 aromatic heterocycles. The SMILES string of the molecule is CC(C)CCCNC(=O)[C@H](CCCCNC(=O)CN(C)C)NC(=O)CN(C)C. The quantitative estimate of drug-likeness (QED) is 0.347. The Morgan fingerprint density at radius 1 is 0.750 bits per heavy atom. The average molecular weight is 400 g/mol. The van der Waals surface area contributed by atoms with Crippen molar-refractivity contribution in [2.45, 2.75) is 52.0 Å². The first kappa shape index (κ1) is 26.3. The fourth-order valence-corrected chi connectivity index (χ4v) is 2.69. The van der Waals surface area contributed by atoms with Crippen molar-refractivity contribution in [3.05, 3.63) is 0 Å². The molecule has 0 aromatic carbocycles. The Morgan fingerprint density at radius 2 is 1.32 bits per heavy atom. The predicted molar refractivity (Wildman–Crippen MR) is 113 cm³/mol. The van der Waals surface area contributed by atoms with E-state index in [2.05, 4.69) is 29.8 Å². The van der Waals surface area contributed by atoms with E-state index in [1.54, 1.807) is 4.90 Å². The van der Waals surface area contributed by atoms with Gasteiger partial charge in [-0.1, -0.05) is 13.8 Å². The van der Waals surface area contributed by atoms with Gasteiger partial charge in [-0.15, -0.1) is 0 Å². The van der Waals surface area contributed by atoms with Crippen LogP contribution in [-0.2, 0) is 14.4 Å². The molecule has 0 saturated heterocycles. The molecule has 0 aliphatic rings. The largest absolute Gasteiger partial charge is 0.355 e. The summed E-state index contributed by atoms with van der Waals surface area (Å²) in [5.74, 6) is 0.304. The molecule has 28 heavy (non-hydrogen) atoms. The number of rotatable bonds is 15. The van der Waals surface area contributed by atoms with E-state index in [-0.39, 0.29) is 24.3 Å². The molecule has 0 bridgehead atoms. The lowest BCUT2D eigenvalue weighted by Gasteiger charge is -2.20. The van der Waals surface area contributed by atoms with E-state index >= 15 is 0 Å². The molecule has 0 fully saturated rings. The second kappa shape index (κ2) is 15.3. The highest BCUT2D eigenvalue weighted by Crippen LogP contribution is 2.04. The van der Waals surface area contributed by atoms with Gasteiger partial charge in [0.1, 0.15) is 6.04 Å². The van der Waals surface area contributed by atoms with Crippen LogP contribution in [0.2, 0.25) is 0 Å². The maximum Gasteiger partial charge on any atom is 0.242 e. The molecule has 0 aromatic rings. The van der Waals surface area contributed by atoms with Crippen molar-refractivity contribution >= 4 is 17.7 Å². The summed E-state index contributed by atoms with van der Waals surface area (Å²) in [7, 11) is 7.33. The number of nitrogens with one attached hydrogen (secondary N) is 3. The van der Waals surface area contributed by atoms with Crippen molar-refractivity contribution in [1.29, 1.82) is 0 Å². The lowest BCUT2D eigenvalue weighted by atomic mass is 10.1. The average Bonchev–Trinajstić information content (AvgIpc) is 2.55. The number of nitrogens with zero attached hydrogens (tertiary/aromatic N) is 2. The van der Waals surface area contributed by atoms with Crippen LogP contribution in [0.15, 0.2) is 0 Å². The van der Waals surface area contributed by atoms with Crippen molar-refractivity contribution in [2.24, 2.45) is 5.92 Å². The Labute approximate surface area is 170 Å². The van der Waals surface area contributed by atoms with Crippen LogP contribution < -0.4 is 16.0 Å². The number of hydrogen-bond acceptors (Lipinski definition) is 5. The Hall–Kier alpha value is -1.67. The molecule has 3 amide bonds. The van der Waals surface area contributed by atoms with E-state index in [1.807, 2.05) is 33.1 Å². The van der Waals surface area contributed by atoms with Gasteiger partial charge < -0.3 is 25.8 Å². The van der Waals surface area contributed by atoms with Gasteiger partial charge >= 0.3 is 0 Å². The summed E-state index contributed by atoms with van der Waals surface area (Å²) in [6.45, 7) is 6.12. The number of unbranched alkanes of at least 4 members (excludes halogenated alkanes) is 1. The van der Waals surface area contributed by atoms with Crippen LogP contribution in [0.1, 0.15) is 46.0 Å². The summed E-state index contributed by atoms with van der Waals surface area (Å²) in [4.78, 5) is 39.8. The molecule has 8 nitrogen and oxygen atoms in total. The molecule has 0 saturated carbocycles. The molecule has 0 unspecified atom stereocenters. The minimum atomic E-state index is -0.538. The first-order valence-corrected chi connectivity index (χ1v) is 10.2. The maximum atomic E-state index is 12.5. The van der Waals surface area contributed by atoms with E-state index in [9.17, 15) is 14.4 Å². The topological polar surface area (TPSA) is 93.8 Å². The molecule has 164 valence electrons. The van der Waals surface area contributed by atoms with Crippen molar-refractivity contribution in [1.82, 2.24) is 25.8 Å². The minimum absolute atomic E-state index is 0.0104. The second-order valence-electron chi connectivity index (χ2n) is 8.27. The van der Waals surface area contributed by atoms with Crippen LogP contribution in [0.3, 0.4) is 0 Å². The molecule has 0 aliphatic heterocycles. The Kier molecular flexibility index (Phi) is 14.4. The second-order valence-corrected chi connectivity index (χ2v) is 8.27.